The summed E-state index contributed by atoms with van der Waals surface area (Å²) in [4.78, 5) is 0. The lowest BCUT2D eigenvalue weighted by molar-refractivity contribution is 0.236. The maximum absolute atomic E-state index is 3.73. The Morgan fingerprint density at radius 3 is 2.20 bits per heavy atom. The standard InChI is InChI=1S/C19H33N/c1-6-12-16(4)18(8-3)20-15-19(17(5)7-2)13-10-9-11-14-19/h7-8,12,20H,6,9-11,13-15H2,1-5H3/b16-12+,17-7+,18-8-. The lowest BCUT2D eigenvalue weighted by Crippen LogP contribution is -2.37. The Kier molecular flexibility index (Phi) is 7.12. The maximum atomic E-state index is 3.73. The molecule has 0 saturated heterocycles. The highest BCUT2D eigenvalue weighted by atomic mass is 14.9. The Labute approximate surface area is 126 Å². The molecule has 1 heteroatoms. The quantitative estimate of drug-likeness (QED) is 0.480. The molecule has 0 aromatic heterocycles. The van der Waals surface area contributed by atoms with Gasteiger partial charge in [-0.3, -0.25) is 0 Å². The van der Waals surface area contributed by atoms with Crippen molar-refractivity contribution in [3.05, 3.63) is 35.1 Å². The van der Waals surface area contributed by atoms with Crippen molar-refractivity contribution in [1.29, 1.82) is 0 Å². The van der Waals surface area contributed by atoms with Gasteiger partial charge in [0.2, 0.25) is 0 Å². The second-order valence-electron chi connectivity index (χ2n) is 6.16. The van der Waals surface area contributed by atoms with Gasteiger partial charge in [-0.25, -0.2) is 0 Å². The number of allylic oxidation sites excluding steroid dienone is 4. The largest absolute Gasteiger partial charge is 0.384 e. The van der Waals surface area contributed by atoms with E-state index in [1.807, 2.05) is 0 Å². The summed E-state index contributed by atoms with van der Waals surface area (Å²) >= 11 is 0. The topological polar surface area (TPSA) is 12.0 Å². The van der Waals surface area contributed by atoms with Crippen molar-refractivity contribution >= 4 is 0 Å². The molecule has 1 saturated carbocycles. The fraction of sp³-hybridized carbons (Fsp3) is 0.684. The zero-order chi connectivity index (χ0) is 15.0. The van der Waals surface area contributed by atoms with E-state index < -0.39 is 0 Å². The first-order valence-corrected chi connectivity index (χ1v) is 8.30. The van der Waals surface area contributed by atoms with Crippen molar-refractivity contribution in [3.8, 4) is 0 Å². The van der Waals surface area contributed by atoms with Gasteiger partial charge in [0, 0.05) is 17.7 Å². The van der Waals surface area contributed by atoms with Crippen LogP contribution < -0.4 is 5.32 Å². The lowest BCUT2D eigenvalue weighted by Gasteiger charge is -2.39. The number of hydrogen-bond acceptors (Lipinski definition) is 1. The van der Waals surface area contributed by atoms with E-state index >= 15 is 0 Å². The average molecular weight is 275 g/mol. The summed E-state index contributed by atoms with van der Waals surface area (Å²) in [5.41, 5.74) is 4.63. The SMILES string of the molecule is C/C=C(NCC1(/C(C)=C/C)CCCCC1)/C(C)=C/CC. The summed E-state index contributed by atoms with van der Waals surface area (Å²) in [5, 5.41) is 3.73. The minimum Gasteiger partial charge on any atom is -0.384 e. The number of rotatable bonds is 6. The van der Waals surface area contributed by atoms with Crippen LogP contribution >= 0.6 is 0 Å². The highest BCUT2D eigenvalue weighted by Crippen LogP contribution is 2.42. The van der Waals surface area contributed by atoms with Crippen LogP contribution in [-0.2, 0) is 0 Å². The van der Waals surface area contributed by atoms with Gasteiger partial charge in [-0.1, -0.05) is 50.0 Å². The first-order valence-electron chi connectivity index (χ1n) is 8.30. The maximum Gasteiger partial charge on any atom is 0.0323 e. The van der Waals surface area contributed by atoms with Crippen LogP contribution in [-0.4, -0.2) is 6.54 Å². The van der Waals surface area contributed by atoms with Crippen LogP contribution in [0.15, 0.2) is 35.1 Å². The number of nitrogens with one attached hydrogen (secondary N) is 1. The second kappa shape index (κ2) is 8.34. The normalized spacial score (nSPS) is 20.9. The van der Waals surface area contributed by atoms with Gasteiger partial charge >= 0.3 is 0 Å². The molecule has 1 nitrogen and oxygen atoms in total. The minimum atomic E-state index is 0.383. The molecule has 114 valence electrons. The minimum absolute atomic E-state index is 0.383. The summed E-state index contributed by atoms with van der Waals surface area (Å²) in [6.07, 6.45) is 14.8. The van der Waals surface area contributed by atoms with Gasteiger partial charge in [0.05, 0.1) is 0 Å². The predicted octanol–water partition coefficient (Wildman–Crippen LogP) is 5.75. The Balaban J connectivity index is 2.79. The molecule has 0 bridgehead atoms. The summed E-state index contributed by atoms with van der Waals surface area (Å²) in [5.74, 6) is 0. The Bertz CT molecular complexity index is 379. The molecule has 0 heterocycles. The molecule has 20 heavy (non-hydrogen) atoms. The lowest BCUT2D eigenvalue weighted by atomic mass is 9.69. The van der Waals surface area contributed by atoms with Gasteiger partial charge < -0.3 is 5.32 Å². The second-order valence-corrected chi connectivity index (χ2v) is 6.16. The molecule has 1 fully saturated rings. The molecule has 0 atom stereocenters. The van der Waals surface area contributed by atoms with Gasteiger partial charge in [-0.15, -0.1) is 0 Å². The highest BCUT2D eigenvalue weighted by Gasteiger charge is 2.33. The third-order valence-electron chi connectivity index (χ3n) is 4.92. The third kappa shape index (κ3) is 4.26. The van der Waals surface area contributed by atoms with Crippen LogP contribution in [0.25, 0.3) is 0 Å². The zero-order valence-corrected chi connectivity index (χ0v) is 14.2. The van der Waals surface area contributed by atoms with Crippen molar-refractivity contribution in [2.45, 2.75) is 73.1 Å². The molecule has 0 aliphatic heterocycles. The van der Waals surface area contributed by atoms with Crippen LogP contribution in [0, 0.1) is 5.41 Å². The summed E-state index contributed by atoms with van der Waals surface area (Å²) < 4.78 is 0. The number of hydrogen-bond donors (Lipinski definition) is 1. The van der Waals surface area contributed by atoms with Crippen LogP contribution in [0.4, 0.5) is 0 Å². The molecule has 0 spiro atoms. The molecule has 1 rings (SSSR count). The smallest absolute Gasteiger partial charge is 0.0323 e. The Morgan fingerprint density at radius 2 is 1.70 bits per heavy atom. The van der Waals surface area contributed by atoms with Crippen molar-refractivity contribution in [2.24, 2.45) is 5.41 Å². The van der Waals surface area contributed by atoms with E-state index in [1.54, 1.807) is 5.57 Å². The van der Waals surface area contributed by atoms with Crippen LogP contribution in [0.2, 0.25) is 0 Å². The summed E-state index contributed by atoms with van der Waals surface area (Å²) in [6, 6.07) is 0. The summed E-state index contributed by atoms with van der Waals surface area (Å²) in [6.45, 7) is 12.1. The summed E-state index contributed by atoms with van der Waals surface area (Å²) in [7, 11) is 0. The van der Waals surface area contributed by atoms with Gasteiger partial charge in [0.25, 0.3) is 0 Å². The molecule has 0 amide bonds. The van der Waals surface area contributed by atoms with Crippen LogP contribution in [0.1, 0.15) is 73.1 Å². The van der Waals surface area contributed by atoms with Crippen LogP contribution in [0.3, 0.4) is 0 Å². The Hall–Kier alpha value is -0.980. The van der Waals surface area contributed by atoms with E-state index in [1.165, 1.54) is 43.4 Å². The van der Waals surface area contributed by atoms with E-state index in [0.717, 1.165) is 13.0 Å². The molecule has 1 aliphatic rings. The first kappa shape index (κ1) is 17.1. The molecule has 1 N–H and O–H groups in total. The molecule has 1 aliphatic carbocycles. The first-order chi connectivity index (χ1) is 9.59. The molecular formula is C19H33N. The van der Waals surface area contributed by atoms with Gasteiger partial charge in [-0.05, 0) is 52.5 Å². The average Bonchev–Trinajstić information content (AvgIpc) is 2.48. The zero-order valence-electron chi connectivity index (χ0n) is 14.2. The van der Waals surface area contributed by atoms with Gasteiger partial charge in [0.1, 0.15) is 0 Å². The molecule has 0 aromatic carbocycles. The van der Waals surface area contributed by atoms with Crippen molar-refractivity contribution in [2.75, 3.05) is 6.54 Å². The third-order valence-corrected chi connectivity index (χ3v) is 4.92. The van der Waals surface area contributed by atoms with Crippen molar-refractivity contribution in [1.82, 2.24) is 5.32 Å². The fourth-order valence-electron chi connectivity index (χ4n) is 3.39. The highest BCUT2D eigenvalue weighted by molar-refractivity contribution is 5.27. The van der Waals surface area contributed by atoms with Gasteiger partial charge in [-0.2, -0.15) is 0 Å². The van der Waals surface area contributed by atoms with E-state index in [9.17, 15) is 0 Å². The molecule has 0 radical (unpaired) electrons. The van der Waals surface area contributed by atoms with E-state index in [-0.39, 0.29) is 0 Å². The van der Waals surface area contributed by atoms with Crippen molar-refractivity contribution in [3.63, 3.8) is 0 Å². The van der Waals surface area contributed by atoms with Crippen molar-refractivity contribution < 1.29 is 0 Å². The molecular weight excluding hydrogens is 242 g/mol. The molecule has 0 unspecified atom stereocenters. The predicted molar refractivity (Wildman–Crippen MR) is 90.8 cm³/mol. The molecule has 0 aromatic rings. The fourth-order valence-corrected chi connectivity index (χ4v) is 3.39. The van der Waals surface area contributed by atoms with Gasteiger partial charge in [0.15, 0.2) is 0 Å². The monoisotopic (exact) mass is 275 g/mol. The van der Waals surface area contributed by atoms with E-state index in [4.69, 9.17) is 0 Å². The van der Waals surface area contributed by atoms with E-state index in [2.05, 4.69) is 58.2 Å². The van der Waals surface area contributed by atoms with Crippen LogP contribution in [0.5, 0.6) is 0 Å². The van der Waals surface area contributed by atoms with E-state index in [0.29, 0.717) is 5.41 Å². The Morgan fingerprint density at radius 1 is 1.05 bits per heavy atom.